The van der Waals surface area contributed by atoms with Crippen LogP contribution in [0.2, 0.25) is 0 Å². The molecule has 96 valence electrons. The largest absolute Gasteiger partial charge is 0.309 e. The lowest BCUT2D eigenvalue weighted by atomic mass is 10.1. The first-order chi connectivity index (χ1) is 7.66. The molecular formula is C13H22ClN3. The summed E-state index contributed by atoms with van der Waals surface area (Å²) < 4.78 is 0. The fourth-order valence-corrected chi connectivity index (χ4v) is 2.50. The Labute approximate surface area is 110 Å². The zero-order valence-corrected chi connectivity index (χ0v) is 11.6. The Morgan fingerprint density at radius 3 is 2.47 bits per heavy atom. The van der Waals surface area contributed by atoms with Gasteiger partial charge < -0.3 is 5.32 Å². The second-order valence-electron chi connectivity index (χ2n) is 4.85. The number of aromatic nitrogens is 1. The van der Waals surface area contributed by atoms with Crippen molar-refractivity contribution in [2.75, 3.05) is 13.1 Å². The van der Waals surface area contributed by atoms with Crippen LogP contribution in [-0.4, -0.2) is 35.1 Å². The summed E-state index contributed by atoms with van der Waals surface area (Å²) in [5, 5.41) is 3.55. The lowest BCUT2D eigenvalue weighted by Gasteiger charge is -2.39. The molecule has 1 aromatic rings. The minimum absolute atomic E-state index is 0. The van der Waals surface area contributed by atoms with E-state index in [9.17, 15) is 0 Å². The molecule has 1 N–H and O–H groups in total. The van der Waals surface area contributed by atoms with Crippen LogP contribution in [0.15, 0.2) is 24.4 Å². The quantitative estimate of drug-likeness (QED) is 0.879. The molecule has 4 heteroatoms. The van der Waals surface area contributed by atoms with Gasteiger partial charge in [0.15, 0.2) is 0 Å². The third-order valence-electron chi connectivity index (χ3n) is 3.25. The van der Waals surface area contributed by atoms with Crippen LogP contribution in [0.3, 0.4) is 0 Å². The van der Waals surface area contributed by atoms with Crippen LogP contribution in [0.5, 0.6) is 0 Å². The van der Waals surface area contributed by atoms with Crippen molar-refractivity contribution in [3.05, 3.63) is 30.1 Å². The molecule has 0 bridgehead atoms. The summed E-state index contributed by atoms with van der Waals surface area (Å²) in [5.74, 6) is 0. The molecular weight excluding hydrogens is 234 g/mol. The van der Waals surface area contributed by atoms with Crippen LogP contribution in [0.1, 0.15) is 32.5 Å². The van der Waals surface area contributed by atoms with Crippen molar-refractivity contribution in [2.24, 2.45) is 0 Å². The van der Waals surface area contributed by atoms with Gasteiger partial charge in [0.25, 0.3) is 0 Å². The van der Waals surface area contributed by atoms with Gasteiger partial charge in [0, 0.05) is 37.4 Å². The molecule has 2 heterocycles. The molecule has 3 unspecified atom stereocenters. The zero-order chi connectivity index (χ0) is 11.5. The molecule has 1 fully saturated rings. The van der Waals surface area contributed by atoms with E-state index in [0.717, 1.165) is 13.1 Å². The molecule has 0 saturated carbocycles. The van der Waals surface area contributed by atoms with E-state index in [1.54, 1.807) is 0 Å². The highest BCUT2D eigenvalue weighted by Crippen LogP contribution is 2.20. The van der Waals surface area contributed by atoms with Crippen LogP contribution in [0, 0.1) is 0 Å². The van der Waals surface area contributed by atoms with Crippen molar-refractivity contribution >= 4 is 12.4 Å². The summed E-state index contributed by atoms with van der Waals surface area (Å²) >= 11 is 0. The maximum atomic E-state index is 4.44. The highest BCUT2D eigenvalue weighted by Gasteiger charge is 2.25. The lowest BCUT2D eigenvalue weighted by Crippen LogP contribution is -2.54. The van der Waals surface area contributed by atoms with Crippen molar-refractivity contribution in [1.82, 2.24) is 15.2 Å². The van der Waals surface area contributed by atoms with Crippen LogP contribution in [0.25, 0.3) is 0 Å². The molecule has 1 aliphatic heterocycles. The van der Waals surface area contributed by atoms with Crippen molar-refractivity contribution in [3.63, 3.8) is 0 Å². The van der Waals surface area contributed by atoms with Crippen molar-refractivity contribution in [1.29, 1.82) is 0 Å². The first-order valence-corrected chi connectivity index (χ1v) is 6.08. The molecule has 1 saturated heterocycles. The van der Waals surface area contributed by atoms with Crippen molar-refractivity contribution < 1.29 is 0 Å². The first kappa shape index (κ1) is 14.4. The second kappa shape index (κ2) is 6.34. The summed E-state index contributed by atoms with van der Waals surface area (Å²) in [7, 11) is 0. The number of hydrogen-bond acceptors (Lipinski definition) is 3. The summed E-state index contributed by atoms with van der Waals surface area (Å²) in [4.78, 5) is 6.95. The molecule has 3 atom stereocenters. The lowest BCUT2D eigenvalue weighted by molar-refractivity contribution is 0.129. The minimum atomic E-state index is 0. The summed E-state index contributed by atoms with van der Waals surface area (Å²) in [5.41, 5.74) is 1.17. The van der Waals surface area contributed by atoms with Crippen LogP contribution in [-0.2, 0) is 0 Å². The summed E-state index contributed by atoms with van der Waals surface area (Å²) in [6.07, 6.45) is 1.88. The van der Waals surface area contributed by atoms with E-state index in [1.807, 2.05) is 12.3 Å². The number of rotatable bonds is 2. The Morgan fingerprint density at radius 2 is 1.94 bits per heavy atom. The molecule has 3 nitrogen and oxygen atoms in total. The van der Waals surface area contributed by atoms with E-state index < -0.39 is 0 Å². The molecule has 17 heavy (non-hydrogen) atoms. The number of nitrogens with zero attached hydrogens (tertiary/aromatic N) is 2. The van der Waals surface area contributed by atoms with Crippen molar-refractivity contribution in [3.8, 4) is 0 Å². The standard InChI is InChI=1S/C13H21N3.ClH/c1-10-8-16(9-11(2)15-10)12(3)13-6-4-5-7-14-13;/h4-7,10-12,15H,8-9H2,1-3H3;1H. The van der Waals surface area contributed by atoms with Gasteiger partial charge in [-0.25, -0.2) is 0 Å². The Kier molecular flexibility index (Phi) is 5.37. The normalized spacial score (nSPS) is 27.2. The van der Waals surface area contributed by atoms with Crippen LogP contribution < -0.4 is 5.32 Å². The Bertz CT molecular complexity index is 321. The first-order valence-electron chi connectivity index (χ1n) is 6.08. The predicted octanol–water partition coefficient (Wildman–Crippen LogP) is 2.25. The van der Waals surface area contributed by atoms with Gasteiger partial charge in [-0.1, -0.05) is 6.07 Å². The van der Waals surface area contributed by atoms with Gasteiger partial charge in [-0.05, 0) is 32.9 Å². The van der Waals surface area contributed by atoms with Crippen LogP contribution >= 0.6 is 12.4 Å². The molecule has 0 aromatic carbocycles. The van der Waals surface area contributed by atoms with Gasteiger partial charge in [0.1, 0.15) is 0 Å². The predicted molar refractivity (Wildman–Crippen MR) is 73.5 cm³/mol. The van der Waals surface area contributed by atoms with Crippen molar-refractivity contribution in [2.45, 2.75) is 38.9 Å². The zero-order valence-electron chi connectivity index (χ0n) is 10.8. The highest BCUT2D eigenvalue weighted by atomic mass is 35.5. The molecule has 1 aliphatic rings. The number of nitrogens with one attached hydrogen (secondary N) is 1. The van der Waals surface area contributed by atoms with E-state index in [0.29, 0.717) is 18.1 Å². The van der Waals surface area contributed by atoms with E-state index in [4.69, 9.17) is 0 Å². The number of hydrogen-bond donors (Lipinski definition) is 1. The fraction of sp³-hybridized carbons (Fsp3) is 0.615. The monoisotopic (exact) mass is 255 g/mol. The second-order valence-corrected chi connectivity index (χ2v) is 4.85. The maximum absolute atomic E-state index is 4.44. The molecule has 0 spiro atoms. The summed E-state index contributed by atoms with van der Waals surface area (Å²) in [6, 6.07) is 7.69. The van der Waals surface area contributed by atoms with Gasteiger partial charge in [-0.3, -0.25) is 9.88 Å². The van der Waals surface area contributed by atoms with E-state index in [-0.39, 0.29) is 12.4 Å². The molecule has 2 rings (SSSR count). The Hall–Kier alpha value is -0.640. The number of halogens is 1. The average molecular weight is 256 g/mol. The Morgan fingerprint density at radius 1 is 1.29 bits per heavy atom. The number of pyridine rings is 1. The SMILES string of the molecule is CC1CN(C(C)c2ccccn2)CC(C)N1.Cl. The van der Waals surface area contributed by atoms with Gasteiger partial charge in [-0.2, -0.15) is 0 Å². The topological polar surface area (TPSA) is 28.2 Å². The van der Waals surface area contributed by atoms with Gasteiger partial charge in [0.2, 0.25) is 0 Å². The molecule has 1 aromatic heterocycles. The van der Waals surface area contributed by atoms with Gasteiger partial charge in [0.05, 0.1) is 5.69 Å². The molecule has 0 aliphatic carbocycles. The number of piperazine rings is 1. The van der Waals surface area contributed by atoms with E-state index >= 15 is 0 Å². The maximum Gasteiger partial charge on any atom is 0.0572 e. The van der Waals surface area contributed by atoms with Crippen LogP contribution in [0.4, 0.5) is 0 Å². The van der Waals surface area contributed by atoms with Gasteiger partial charge >= 0.3 is 0 Å². The fourth-order valence-electron chi connectivity index (χ4n) is 2.50. The third-order valence-corrected chi connectivity index (χ3v) is 3.25. The third kappa shape index (κ3) is 3.66. The smallest absolute Gasteiger partial charge is 0.0572 e. The summed E-state index contributed by atoms with van der Waals surface area (Å²) in [6.45, 7) is 8.93. The molecule has 0 amide bonds. The Balaban J connectivity index is 0.00000144. The highest BCUT2D eigenvalue weighted by molar-refractivity contribution is 5.85. The van der Waals surface area contributed by atoms with Gasteiger partial charge in [-0.15, -0.1) is 12.4 Å². The minimum Gasteiger partial charge on any atom is -0.309 e. The van der Waals surface area contributed by atoms with E-state index in [1.165, 1.54) is 5.69 Å². The van der Waals surface area contributed by atoms with E-state index in [2.05, 4.69) is 48.1 Å². The average Bonchev–Trinajstić information content (AvgIpc) is 2.28. The molecule has 0 radical (unpaired) electrons.